The second-order valence-electron chi connectivity index (χ2n) is 5.41. The number of aliphatic hydroxyl groups is 1. The minimum absolute atomic E-state index is 0.0497. The predicted molar refractivity (Wildman–Crippen MR) is 77.1 cm³/mol. The van der Waals surface area contributed by atoms with Crippen LogP contribution < -0.4 is 16.4 Å². The number of primary amides is 1. The maximum absolute atomic E-state index is 11.9. The fourth-order valence-electron chi connectivity index (χ4n) is 1.83. The minimum atomic E-state index is -0.724. The molecule has 1 aromatic rings. The van der Waals surface area contributed by atoms with Crippen molar-refractivity contribution in [3.8, 4) is 0 Å². The highest BCUT2D eigenvalue weighted by atomic mass is 16.3. The highest BCUT2D eigenvalue weighted by Gasteiger charge is 2.22. The van der Waals surface area contributed by atoms with Crippen molar-refractivity contribution in [3.63, 3.8) is 0 Å². The first-order valence-corrected chi connectivity index (χ1v) is 6.35. The van der Waals surface area contributed by atoms with Crippen LogP contribution in [0.4, 0.5) is 10.5 Å². The maximum Gasteiger partial charge on any atom is 0.319 e. The Balaban J connectivity index is 2.67. The molecule has 0 bridgehead atoms. The van der Waals surface area contributed by atoms with Gasteiger partial charge in [-0.3, -0.25) is 4.79 Å². The number of nitrogens with one attached hydrogen (secondary N) is 2. The molecule has 1 atom stereocenters. The number of benzene rings is 1. The molecule has 1 aromatic carbocycles. The normalized spacial score (nSPS) is 12.6. The van der Waals surface area contributed by atoms with Gasteiger partial charge in [0.1, 0.15) is 0 Å². The Morgan fingerprint density at radius 3 is 2.60 bits per heavy atom. The van der Waals surface area contributed by atoms with Gasteiger partial charge in [-0.15, -0.1) is 0 Å². The standard InChI is InChI=1S/C14H21N3O3/c1-9(18)10-5-4-6-11(7-10)16-13(20)17-14(2,3)8-12(15)19/h4-7,9,18H,8H2,1-3H3,(H2,15,19)(H2,16,17,20). The van der Waals surface area contributed by atoms with E-state index in [1.54, 1.807) is 45.0 Å². The summed E-state index contributed by atoms with van der Waals surface area (Å²) in [6.45, 7) is 5.07. The molecule has 0 heterocycles. The van der Waals surface area contributed by atoms with E-state index in [4.69, 9.17) is 5.73 Å². The quantitative estimate of drug-likeness (QED) is 0.656. The van der Waals surface area contributed by atoms with Crippen LogP contribution in [0.3, 0.4) is 0 Å². The summed E-state index contributed by atoms with van der Waals surface area (Å²) in [6, 6.07) is 6.48. The number of hydrogen-bond donors (Lipinski definition) is 4. The van der Waals surface area contributed by atoms with Gasteiger partial charge < -0.3 is 21.5 Å². The van der Waals surface area contributed by atoms with Crippen molar-refractivity contribution in [1.29, 1.82) is 0 Å². The zero-order valence-corrected chi connectivity index (χ0v) is 11.9. The van der Waals surface area contributed by atoms with Crippen molar-refractivity contribution >= 4 is 17.6 Å². The highest BCUT2D eigenvalue weighted by molar-refractivity contribution is 5.90. The fourth-order valence-corrected chi connectivity index (χ4v) is 1.83. The molecule has 1 rings (SSSR count). The number of urea groups is 1. The van der Waals surface area contributed by atoms with E-state index in [-0.39, 0.29) is 6.42 Å². The molecule has 110 valence electrons. The number of rotatable bonds is 5. The monoisotopic (exact) mass is 279 g/mol. The summed E-state index contributed by atoms with van der Waals surface area (Å²) < 4.78 is 0. The number of anilines is 1. The van der Waals surface area contributed by atoms with Crippen molar-refractivity contribution in [1.82, 2.24) is 5.32 Å². The first kappa shape index (κ1) is 16.0. The van der Waals surface area contributed by atoms with Gasteiger partial charge in [-0.2, -0.15) is 0 Å². The number of amides is 3. The Morgan fingerprint density at radius 1 is 1.40 bits per heavy atom. The average molecular weight is 279 g/mol. The topological polar surface area (TPSA) is 104 Å². The van der Waals surface area contributed by atoms with Crippen LogP contribution in [-0.2, 0) is 4.79 Å². The van der Waals surface area contributed by atoms with Crippen molar-refractivity contribution in [3.05, 3.63) is 29.8 Å². The number of nitrogens with two attached hydrogens (primary N) is 1. The number of hydrogen-bond acceptors (Lipinski definition) is 3. The molecule has 0 saturated carbocycles. The Labute approximate surface area is 118 Å². The van der Waals surface area contributed by atoms with Crippen molar-refractivity contribution in [2.24, 2.45) is 5.73 Å². The molecular formula is C14H21N3O3. The molecule has 0 aliphatic carbocycles. The SMILES string of the molecule is CC(O)c1cccc(NC(=O)NC(C)(C)CC(N)=O)c1. The van der Waals surface area contributed by atoms with Crippen LogP contribution in [0.2, 0.25) is 0 Å². The summed E-state index contributed by atoms with van der Waals surface area (Å²) in [4.78, 5) is 22.8. The van der Waals surface area contributed by atoms with Crippen LogP contribution in [0.1, 0.15) is 38.9 Å². The molecule has 0 aliphatic rings. The second kappa shape index (κ2) is 6.38. The van der Waals surface area contributed by atoms with Crippen LogP contribution in [0.25, 0.3) is 0 Å². The molecular weight excluding hydrogens is 258 g/mol. The van der Waals surface area contributed by atoms with Gasteiger partial charge in [-0.1, -0.05) is 12.1 Å². The van der Waals surface area contributed by atoms with Gasteiger partial charge in [0.05, 0.1) is 6.10 Å². The molecule has 20 heavy (non-hydrogen) atoms. The molecule has 3 amide bonds. The molecule has 0 fully saturated rings. The summed E-state index contributed by atoms with van der Waals surface area (Å²) in [5, 5.41) is 14.8. The van der Waals surface area contributed by atoms with Gasteiger partial charge in [0, 0.05) is 17.6 Å². The van der Waals surface area contributed by atoms with Gasteiger partial charge in [-0.05, 0) is 38.5 Å². The average Bonchev–Trinajstić information content (AvgIpc) is 2.25. The van der Waals surface area contributed by atoms with Crippen LogP contribution in [-0.4, -0.2) is 22.6 Å². The third-order valence-corrected chi connectivity index (χ3v) is 2.69. The number of carbonyl (C=O) groups excluding carboxylic acids is 2. The summed E-state index contributed by atoms with van der Waals surface area (Å²) in [6.07, 6.45) is -0.556. The van der Waals surface area contributed by atoms with E-state index in [0.29, 0.717) is 11.3 Å². The summed E-state index contributed by atoms with van der Waals surface area (Å²) >= 11 is 0. The summed E-state index contributed by atoms with van der Waals surface area (Å²) in [5.74, 6) is -0.480. The second-order valence-corrected chi connectivity index (χ2v) is 5.41. The molecule has 0 aromatic heterocycles. The molecule has 1 unspecified atom stereocenters. The third-order valence-electron chi connectivity index (χ3n) is 2.69. The molecule has 5 N–H and O–H groups in total. The first-order chi connectivity index (χ1) is 9.19. The van der Waals surface area contributed by atoms with Crippen molar-refractivity contribution < 1.29 is 14.7 Å². The van der Waals surface area contributed by atoms with E-state index in [0.717, 1.165) is 0 Å². The number of carbonyl (C=O) groups is 2. The number of aliphatic hydroxyl groups excluding tert-OH is 1. The summed E-state index contributed by atoms with van der Waals surface area (Å²) in [7, 11) is 0. The lowest BCUT2D eigenvalue weighted by Gasteiger charge is -2.24. The van der Waals surface area contributed by atoms with Crippen LogP contribution >= 0.6 is 0 Å². The zero-order chi connectivity index (χ0) is 15.3. The van der Waals surface area contributed by atoms with Gasteiger partial charge in [0.15, 0.2) is 0 Å². The van der Waals surface area contributed by atoms with Gasteiger partial charge in [0.25, 0.3) is 0 Å². The lowest BCUT2D eigenvalue weighted by atomic mass is 10.0. The Bertz CT molecular complexity index is 498. The summed E-state index contributed by atoms with van der Waals surface area (Å²) in [5.41, 5.74) is 5.67. The highest BCUT2D eigenvalue weighted by Crippen LogP contribution is 2.17. The minimum Gasteiger partial charge on any atom is -0.389 e. The molecule has 0 aliphatic heterocycles. The van der Waals surface area contributed by atoms with Crippen molar-refractivity contribution in [2.45, 2.75) is 38.8 Å². The van der Waals surface area contributed by atoms with Crippen LogP contribution in [0.5, 0.6) is 0 Å². The van der Waals surface area contributed by atoms with E-state index in [1.165, 1.54) is 0 Å². The van der Waals surface area contributed by atoms with Crippen LogP contribution in [0.15, 0.2) is 24.3 Å². The van der Waals surface area contributed by atoms with Gasteiger partial charge >= 0.3 is 6.03 Å². The van der Waals surface area contributed by atoms with E-state index in [1.807, 2.05) is 0 Å². The molecule has 6 nitrogen and oxygen atoms in total. The first-order valence-electron chi connectivity index (χ1n) is 6.35. The van der Waals surface area contributed by atoms with Gasteiger partial charge in [0.2, 0.25) is 5.91 Å². The predicted octanol–water partition coefficient (Wildman–Crippen LogP) is 1.52. The Kier molecular flexibility index (Phi) is 5.10. The van der Waals surface area contributed by atoms with Crippen molar-refractivity contribution in [2.75, 3.05) is 5.32 Å². The van der Waals surface area contributed by atoms with E-state index in [2.05, 4.69) is 10.6 Å². The van der Waals surface area contributed by atoms with Crippen LogP contribution in [0, 0.1) is 0 Å². The maximum atomic E-state index is 11.9. The molecule has 6 heteroatoms. The van der Waals surface area contributed by atoms with E-state index >= 15 is 0 Å². The fraction of sp³-hybridized carbons (Fsp3) is 0.429. The lowest BCUT2D eigenvalue weighted by Crippen LogP contribution is -2.47. The Morgan fingerprint density at radius 2 is 2.05 bits per heavy atom. The van der Waals surface area contributed by atoms with E-state index in [9.17, 15) is 14.7 Å². The molecule has 0 saturated heterocycles. The lowest BCUT2D eigenvalue weighted by molar-refractivity contribution is -0.119. The molecule has 0 radical (unpaired) electrons. The Hall–Kier alpha value is -2.08. The van der Waals surface area contributed by atoms with Gasteiger partial charge in [-0.25, -0.2) is 4.79 Å². The largest absolute Gasteiger partial charge is 0.389 e. The third kappa shape index (κ3) is 5.27. The molecule has 0 spiro atoms. The smallest absolute Gasteiger partial charge is 0.319 e. The van der Waals surface area contributed by atoms with E-state index < -0.39 is 23.6 Å². The zero-order valence-electron chi connectivity index (χ0n) is 11.9.